The second-order valence-electron chi connectivity index (χ2n) is 7.13. The molecule has 6 nitrogen and oxygen atoms in total. The first-order valence-electron chi connectivity index (χ1n) is 10.1. The van der Waals surface area contributed by atoms with Crippen LogP contribution in [0.1, 0.15) is 0 Å². The van der Waals surface area contributed by atoms with Gasteiger partial charge in [-0.15, -0.1) is 23.3 Å². The zero-order valence-electron chi connectivity index (χ0n) is 17.1. The summed E-state index contributed by atoms with van der Waals surface area (Å²) < 4.78 is 7.84. The molecule has 0 saturated carbocycles. The quantitative estimate of drug-likeness (QED) is 0.250. The van der Waals surface area contributed by atoms with E-state index in [0.29, 0.717) is 17.6 Å². The van der Waals surface area contributed by atoms with Crippen molar-refractivity contribution in [2.24, 2.45) is 0 Å². The van der Waals surface area contributed by atoms with Gasteiger partial charge < -0.3 is 4.74 Å². The molecule has 0 aliphatic carbocycles. The van der Waals surface area contributed by atoms with Gasteiger partial charge in [-0.05, 0) is 23.0 Å². The first kappa shape index (κ1) is 21.0. The SMILES string of the molecule is [Pt+2].[c-]1c(Oc2ccccn2)cccc1-c1[c-]c2c(cc1)c1ccccc1n2-c1nccnn1. The Hall–Kier alpha value is -3.89. The molecule has 0 amide bonds. The summed E-state index contributed by atoms with van der Waals surface area (Å²) in [5.74, 6) is 1.61. The van der Waals surface area contributed by atoms with Gasteiger partial charge in [-0.2, -0.15) is 29.4 Å². The van der Waals surface area contributed by atoms with Gasteiger partial charge in [-0.1, -0.05) is 29.7 Å². The predicted molar refractivity (Wildman–Crippen MR) is 122 cm³/mol. The van der Waals surface area contributed by atoms with Crippen LogP contribution >= 0.6 is 0 Å². The maximum Gasteiger partial charge on any atom is 2.00 e. The number of rotatable bonds is 4. The minimum absolute atomic E-state index is 0. The van der Waals surface area contributed by atoms with Gasteiger partial charge >= 0.3 is 21.1 Å². The minimum atomic E-state index is 0. The van der Waals surface area contributed by atoms with E-state index in [-0.39, 0.29) is 21.1 Å². The van der Waals surface area contributed by atoms with Crippen LogP contribution in [-0.2, 0) is 21.1 Å². The number of nitrogens with zero attached hydrogens (tertiary/aromatic N) is 5. The van der Waals surface area contributed by atoms with Gasteiger partial charge in [0.15, 0.2) is 0 Å². The molecule has 0 saturated heterocycles. The molecule has 0 spiro atoms. The summed E-state index contributed by atoms with van der Waals surface area (Å²) in [6.45, 7) is 0. The zero-order chi connectivity index (χ0) is 21.3. The number of ether oxygens (including phenoxy) is 1. The van der Waals surface area contributed by atoms with Crippen LogP contribution in [0.3, 0.4) is 0 Å². The summed E-state index contributed by atoms with van der Waals surface area (Å²) in [5, 5.41) is 10.4. The molecular weight excluding hydrogens is 593 g/mol. The third kappa shape index (κ3) is 3.90. The second kappa shape index (κ2) is 8.92. The average molecular weight is 609 g/mol. The van der Waals surface area contributed by atoms with Gasteiger partial charge in [-0.3, -0.25) is 4.57 Å². The molecule has 6 aromatic rings. The van der Waals surface area contributed by atoms with Crippen LogP contribution in [0.15, 0.2) is 91.4 Å². The molecule has 0 N–H and O–H groups in total. The van der Waals surface area contributed by atoms with E-state index >= 15 is 0 Å². The fourth-order valence-electron chi connectivity index (χ4n) is 3.79. The molecular formula is C26H15N5OPt. The van der Waals surface area contributed by atoms with Crippen molar-refractivity contribution in [1.82, 2.24) is 24.7 Å². The van der Waals surface area contributed by atoms with Gasteiger partial charge in [0.25, 0.3) is 5.95 Å². The monoisotopic (exact) mass is 608 g/mol. The van der Waals surface area contributed by atoms with E-state index in [1.54, 1.807) is 18.6 Å². The molecule has 0 fully saturated rings. The zero-order valence-corrected chi connectivity index (χ0v) is 19.4. The molecule has 0 bridgehead atoms. The van der Waals surface area contributed by atoms with Crippen LogP contribution in [0.25, 0.3) is 38.9 Å². The van der Waals surface area contributed by atoms with E-state index < -0.39 is 0 Å². The van der Waals surface area contributed by atoms with E-state index in [4.69, 9.17) is 4.74 Å². The Labute approximate surface area is 204 Å². The van der Waals surface area contributed by atoms with Gasteiger partial charge in [0, 0.05) is 23.5 Å². The molecule has 0 radical (unpaired) electrons. The summed E-state index contributed by atoms with van der Waals surface area (Å²) in [6.07, 6.45) is 4.90. The molecule has 0 atom stereocenters. The summed E-state index contributed by atoms with van der Waals surface area (Å²) in [7, 11) is 0. The van der Waals surface area contributed by atoms with Crippen LogP contribution in [0.2, 0.25) is 0 Å². The second-order valence-corrected chi connectivity index (χ2v) is 7.13. The average Bonchev–Trinajstić information content (AvgIpc) is 3.19. The molecule has 0 aliphatic heterocycles. The maximum absolute atomic E-state index is 5.86. The maximum atomic E-state index is 5.86. The Morgan fingerprint density at radius 1 is 0.697 bits per heavy atom. The third-order valence-electron chi connectivity index (χ3n) is 5.16. The molecule has 3 heterocycles. The number of fused-ring (bicyclic) bond motifs is 3. The molecule has 3 aromatic carbocycles. The largest absolute Gasteiger partial charge is 2.00 e. The first-order chi connectivity index (χ1) is 15.9. The molecule has 160 valence electrons. The van der Waals surface area contributed by atoms with Crippen molar-refractivity contribution in [3.63, 3.8) is 0 Å². The van der Waals surface area contributed by atoms with Crippen molar-refractivity contribution in [3.05, 3.63) is 104 Å². The van der Waals surface area contributed by atoms with Crippen LogP contribution < -0.4 is 4.74 Å². The Bertz CT molecular complexity index is 1550. The number of hydrogen-bond donors (Lipinski definition) is 0. The summed E-state index contributed by atoms with van der Waals surface area (Å²) in [5.41, 5.74) is 3.63. The van der Waals surface area contributed by atoms with Crippen molar-refractivity contribution >= 4 is 21.8 Å². The Kier molecular flexibility index (Phi) is 5.67. The van der Waals surface area contributed by atoms with E-state index in [0.717, 1.165) is 32.9 Å². The fraction of sp³-hybridized carbons (Fsp3) is 0. The predicted octanol–water partition coefficient (Wildman–Crippen LogP) is 5.42. The van der Waals surface area contributed by atoms with Crippen LogP contribution in [-0.4, -0.2) is 24.7 Å². The molecule has 0 aliphatic rings. The van der Waals surface area contributed by atoms with Crippen LogP contribution in [0, 0.1) is 12.1 Å². The van der Waals surface area contributed by atoms with Crippen molar-refractivity contribution in [2.45, 2.75) is 0 Å². The van der Waals surface area contributed by atoms with E-state index in [2.05, 4.69) is 44.4 Å². The van der Waals surface area contributed by atoms with E-state index in [1.807, 2.05) is 65.2 Å². The van der Waals surface area contributed by atoms with Crippen molar-refractivity contribution in [2.75, 3.05) is 0 Å². The van der Waals surface area contributed by atoms with Crippen molar-refractivity contribution in [1.29, 1.82) is 0 Å². The molecule has 3 aromatic heterocycles. The summed E-state index contributed by atoms with van der Waals surface area (Å²) in [6, 6.07) is 30.5. The fourth-order valence-corrected chi connectivity index (χ4v) is 3.79. The number of aromatic nitrogens is 5. The van der Waals surface area contributed by atoms with Gasteiger partial charge in [0.1, 0.15) is 0 Å². The number of pyridine rings is 1. The Morgan fingerprint density at radius 3 is 2.42 bits per heavy atom. The molecule has 7 heteroatoms. The molecule has 0 unspecified atom stereocenters. The van der Waals surface area contributed by atoms with Gasteiger partial charge in [0.2, 0.25) is 5.88 Å². The normalized spacial score (nSPS) is 10.8. The van der Waals surface area contributed by atoms with Crippen LogP contribution in [0.4, 0.5) is 0 Å². The third-order valence-corrected chi connectivity index (χ3v) is 5.16. The smallest absolute Gasteiger partial charge is 0.460 e. The molecule has 33 heavy (non-hydrogen) atoms. The van der Waals surface area contributed by atoms with E-state index in [1.165, 1.54) is 0 Å². The van der Waals surface area contributed by atoms with Crippen molar-refractivity contribution in [3.8, 4) is 28.7 Å². The van der Waals surface area contributed by atoms with Gasteiger partial charge in [-0.25, -0.2) is 21.1 Å². The number of para-hydroxylation sites is 1. The number of benzene rings is 3. The molecule has 6 rings (SSSR count). The number of hydrogen-bond acceptors (Lipinski definition) is 5. The van der Waals surface area contributed by atoms with Crippen LogP contribution in [0.5, 0.6) is 11.6 Å². The standard InChI is InChI=1S/C26H15N5O.Pt/c1-2-9-23-21(8-1)22-12-11-19(17-24(22)31(23)26-28-14-15-29-30-26)18-6-5-7-20(16-18)32-25-10-3-4-13-27-25;/h1-15H;/q-2;+2. The Balaban J connectivity index is 0.00000228. The Morgan fingerprint density at radius 2 is 1.58 bits per heavy atom. The van der Waals surface area contributed by atoms with Gasteiger partial charge in [0.05, 0.1) is 12.4 Å². The first-order valence-corrected chi connectivity index (χ1v) is 10.1. The summed E-state index contributed by atoms with van der Waals surface area (Å²) >= 11 is 0. The summed E-state index contributed by atoms with van der Waals surface area (Å²) in [4.78, 5) is 8.63. The minimum Gasteiger partial charge on any atom is -0.460 e. The topological polar surface area (TPSA) is 65.7 Å². The van der Waals surface area contributed by atoms with Crippen molar-refractivity contribution < 1.29 is 25.8 Å². The van der Waals surface area contributed by atoms with E-state index in [9.17, 15) is 0 Å².